The normalized spacial score (nSPS) is 16.4. The summed E-state index contributed by atoms with van der Waals surface area (Å²) < 4.78 is 9.58. The molecule has 14 heavy (non-hydrogen) atoms. The SMILES string of the molecule is COC(=O)C1=C(OC(C)=O)CCCC1. The summed E-state index contributed by atoms with van der Waals surface area (Å²) in [6.07, 6.45) is 3.16. The van der Waals surface area contributed by atoms with Crippen molar-refractivity contribution in [3.8, 4) is 0 Å². The van der Waals surface area contributed by atoms with Crippen molar-refractivity contribution in [2.75, 3.05) is 7.11 Å². The summed E-state index contributed by atoms with van der Waals surface area (Å²) >= 11 is 0. The summed E-state index contributed by atoms with van der Waals surface area (Å²) in [5.41, 5.74) is 0.508. The Bertz CT molecular complexity index is 278. The van der Waals surface area contributed by atoms with Crippen LogP contribution in [0.15, 0.2) is 11.3 Å². The van der Waals surface area contributed by atoms with Gasteiger partial charge in [0.25, 0.3) is 0 Å². The van der Waals surface area contributed by atoms with Gasteiger partial charge in [0, 0.05) is 13.3 Å². The predicted molar refractivity (Wildman–Crippen MR) is 49.3 cm³/mol. The molecule has 0 spiro atoms. The van der Waals surface area contributed by atoms with E-state index in [4.69, 9.17) is 4.74 Å². The molecular formula is C10H14O4. The molecule has 0 radical (unpaired) electrons. The van der Waals surface area contributed by atoms with E-state index in [2.05, 4.69) is 4.74 Å². The van der Waals surface area contributed by atoms with Gasteiger partial charge in [-0.3, -0.25) is 4.79 Å². The number of rotatable bonds is 2. The maximum absolute atomic E-state index is 11.3. The zero-order valence-electron chi connectivity index (χ0n) is 8.46. The van der Waals surface area contributed by atoms with E-state index in [1.165, 1.54) is 14.0 Å². The smallest absolute Gasteiger partial charge is 0.337 e. The largest absolute Gasteiger partial charge is 0.466 e. The number of allylic oxidation sites excluding steroid dienone is 1. The molecule has 78 valence electrons. The highest BCUT2D eigenvalue weighted by Crippen LogP contribution is 2.26. The zero-order chi connectivity index (χ0) is 10.6. The Morgan fingerprint density at radius 1 is 1.21 bits per heavy atom. The first kappa shape index (κ1) is 10.8. The number of methoxy groups -OCH3 is 1. The summed E-state index contributed by atoms with van der Waals surface area (Å²) in [6, 6.07) is 0. The average Bonchev–Trinajstić information content (AvgIpc) is 2.16. The molecule has 0 amide bonds. The Morgan fingerprint density at radius 3 is 2.43 bits per heavy atom. The number of hydrogen-bond acceptors (Lipinski definition) is 4. The third kappa shape index (κ3) is 2.58. The molecular weight excluding hydrogens is 184 g/mol. The van der Waals surface area contributed by atoms with Crippen LogP contribution in [0.1, 0.15) is 32.6 Å². The van der Waals surface area contributed by atoms with Gasteiger partial charge in [-0.2, -0.15) is 0 Å². The van der Waals surface area contributed by atoms with E-state index in [0.29, 0.717) is 24.2 Å². The number of ether oxygens (including phenoxy) is 2. The molecule has 0 heterocycles. The molecule has 0 aliphatic heterocycles. The lowest BCUT2D eigenvalue weighted by Gasteiger charge is -2.17. The molecule has 0 unspecified atom stereocenters. The van der Waals surface area contributed by atoms with Crippen molar-refractivity contribution in [2.45, 2.75) is 32.6 Å². The first-order valence-electron chi connectivity index (χ1n) is 4.64. The number of esters is 2. The molecule has 0 aromatic rings. The first-order valence-corrected chi connectivity index (χ1v) is 4.64. The summed E-state index contributed by atoms with van der Waals surface area (Å²) in [5, 5.41) is 0. The molecule has 1 rings (SSSR count). The summed E-state index contributed by atoms with van der Waals surface area (Å²) in [5.74, 6) is -0.292. The molecule has 0 saturated carbocycles. The Labute approximate surface area is 82.9 Å². The van der Waals surface area contributed by atoms with Gasteiger partial charge in [0.05, 0.1) is 12.7 Å². The van der Waals surface area contributed by atoms with Crippen molar-refractivity contribution in [3.05, 3.63) is 11.3 Å². The van der Waals surface area contributed by atoms with Crippen molar-refractivity contribution < 1.29 is 19.1 Å². The van der Waals surface area contributed by atoms with Crippen LogP contribution in [0.3, 0.4) is 0 Å². The lowest BCUT2D eigenvalue weighted by atomic mass is 9.98. The average molecular weight is 198 g/mol. The Morgan fingerprint density at radius 2 is 1.86 bits per heavy atom. The van der Waals surface area contributed by atoms with Crippen LogP contribution in [0.2, 0.25) is 0 Å². The van der Waals surface area contributed by atoms with Gasteiger partial charge in [0.15, 0.2) is 0 Å². The first-order chi connectivity index (χ1) is 6.65. The molecule has 0 aromatic carbocycles. The highest BCUT2D eigenvalue weighted by Gasteiger charge is 2.21. The summed E-state index contributed by atoms with van der Waals surface area (Å²) in [6.45, 7) is 1.33. The highest BCUT2D eigenvalue weighted by atomic mass is 16.5. The van der Waals surface area contributed by atoms with Crippen LogP contribution in [0, 0.1) is 0 Å². The van der Waals surface area contributed by atoms with Gasteiger partial charge in [-0.25, -0.2) is 4.79 Å². The second-order valence-corrected chi connectivity index (χ2v) is 3.19. The molecule has 0 N–H and O–H groups in total. The molecule has 1 aliphatic rings. The van der Waals surface area contributed by atoms with E-state index in [-0.39, 0.29) is 11.9 Å². The van der Waals surface area contributed by atoms with Gasteiger partial charge in [-0.05, 0) is 19.3 Å². The van der Waals surface area contributed by atoms with Gasteiger partial charge in [0.1, 0.15) is 5.76 Å². The van der Waals surface area contributed by atoms with E-state index in [1.807, 2.05) is 0 Å². The second-order valence-electron chi connectivity index (χ2n) is 3.19. The van der Waals surface area contributed by atoms with Crippen molar-refractivity contribution in [1.82, 2.24) is 0 Å². The van der Waals surface area contributed by atoms with Crippen LogP contribution in [-0.2, 0) is 19.1 Å². The van der Waals surface area contributed by atoms with Crippen LogP contribution in [0.5, 0.6) is 0 Å². The van der Waals surface area contributed by atoms with Gasteiger partial charge >= 0.3 is 11.9 Å². The third-order valence-corrected chi connectivity index (χ3v) is 2.12. The van der Waals surface area contributed by atoms with Crippen molar-refractivity contribution in [1.29, 1.82) is 0 Å². The molecule has 1 aliphatic carbocycles. The van der Waals surface area contributed by atoms with Crippen molar-refractivity contribution in [3.63, 3.8) is 0 Å². The topological polar surface area (TPSA) is 52.6 Å². The Hall–Kier alpha value is -1.32. The lowest BCUT2D eigenvalue weighted by Crippen LogP contribution is -2.14. The van der Waals surface area contributed by atoms with Gasteiger partial charge in [0.2, 0.25) is 0 Å². The molecule has 0 aromatic heterocycles. The second kappa shape index (κ2) is 4.79. The molecule has 0 bridgehead atoms. The fraction of sp³-hybridized carbons (Fsp3) is 0.600. The van der Waals surface area contributed by atoms with E-state index in [9.17, 15) is 9.59 Å². The van der Waals surface area contributed by atoms with Crippen LogP contribution in [0.25, 0.3) is 0 Å². The maximum Gasteiger partial charge on any atom is 0.337 e. The summed E-state index contributed by atoms with van der Waals surface area (Å²) in [4.78, 5) is 22.0. The van der Waals surface area contributed by atoms with E-state index in [0.717, 1.165) is 12.8 Å². The van der Waals surface area contributed by atoms with Crippen molar-refractivity contribution >= 4 is 11.9 Å². The number of carbonyl (C=O) groups excluding carboxylic acids is 2. The van der Waals surface area contributed by atoms with Gasteiger partial charge < -0.3 is 9.47 Å². The van der Waals surface area contributed by atoms with E-state index >= 15 is 0 Å². The molecule has 4 nitrogen and oxygen atoms in total. The fourth-order valence-corrected chi connectivity index (χ4v) is 1.50. The minimum Gasteiger partial charge on any atom is -0.466 e. The summed E-state index contributed by atoms with van der Waals surface area (Å²) in [7, 11) is 1.33. The minimum atomic E-state index is -0.388. The van der Waals surface area contributed by atoms with Crippen LogP contribution in [-0.4, -0.2) is 19.0 Å². The van der Waals surface area contributed by atoms with Crippen LogP contribution < -0.4 is 0 Å². The maximum atomic E-state index is 11.3. The van der Waals surface area contributed by atoms with E-state index in [1.54, 1.807) is 0 Å². The predicted octanol–water partition coefficient (Wildman–Crippen LogP) is 1.55. The van der Waals surface area contributed by atoms with Gasteiger partial charge in [-0.15, -0.1) is 0 Å². The standard InChI is InChI=1S/C10H14O4/c1-7(11)14-9-6-4-3-5-8(9)10(12)13-2/h3-6H2,1-2H3. The Kier molecular flexibility index (Phi) is 3.68. The Balaban J connectivity index is 2.84. The van der Waals surface area contributed by atoms with Crippen LogP contribution in [0.4, 0.5) is 0 Å². The lowest BCUT2D eigenvalue weighted by molar-refractivity contribution is -0.138. The molecule has 0 atom stereocenters. The molecule has 4 heteroatoms. The monoisotopic (exact) mass is 198 g/mol. The van der Waals surface area contributed by atoms with Gasteiger partial charge in [-0.1, -0.05) is 0 Å². The molecule has 0 saturated heterocycles. The third-order valence-electron chi connectivity index (χ3n) is 2.12. The highest BCUT2D eigenvalue weighted by molar-refractivity contribution is 5.89. The minimum absolute atomic E-state index is 0.386. The van der Waals surface area contributed by atoms with Crippen molar-refractivity contribution in [2.24, 2.45) is 0 Å². The quantitative estimate of drug-likeness (QED) is 0.632. The molecule has 0 fully saturated rings. The van der Waals surface area contributed by atoms with E-state index < -0.39 is 0 Å². The van der Waals surface area contributed by atoms with Crippen LogP contribution >= 0.6 is 0 Å². The zero-order valence-corrected chi connectivity index (χ0v) is 8.46. The fourth-order valence-electron chi connectivity index (χ4n) is 1.50. The number of carbonyl (C=O) groups is 2. The number of hydrogen-bond donors (Lipinski definition) is 0.